The molecule has 0 aromatic carbocycles. The van der Waals surface area contributed by atoms with Crippen LogP contribution in [-0.2, 0) is 0 Å². The first-order valence-corrected chi connectivity index (χ1v) is 5.35. The van der Waals surface area contributed by atoms with Crippen LogP contribution in [0, 0.1) is 11.3 Å². The maximum Gasteiger partial charge on any atom is 0.126 e. The highest BCUT2D eigenvalue weighted by Gasteiger charge is 2.19. The van der Waals surface area contributed by atoms with E-state index >= 15 is 0 Å². The van der Waals surface area contributed by atoms with Crippen molar-refractivity contribution in [2.75, 3.05) is 17.6 Å². The van der Waals surface area contributed by atoms with Crippen LogP contribution in [0.3, 0.4) is 0 Å². The summed E-state index contributed by atoms with van der Waals surface area (Å²) in [4.78, 5) is 4.20. The third-order valence-corrected chi connectivity index (χ3v) is 2.85. The molecule has 0 fully saturated rings. The van der Waals surface area contributed by atoms with Crippen molar-refractivity contribution in [1.29, 1.82) is 0 Å². The van der Waals surface area contributed by atoms with Gasteiger partial charge in [0.25, 0.3) is 0 Å². The molecule has 84 valence electrons. The minimum Gasteiger partial charge on any atom is -0.397 e. The zero-order valence-electron chi connectivity index (χ0n) is 10.0. The van der Waals surface area contributed by atoms with Crippen LogP contribution in [0.25, 0.3) is 0 Å². The lowest BCUT2D eigenvalue weighted by Gasteiger charge is -2.27. The molecule has 0 aliphatic heterocycles. The van der Waals surface area contributed by atoms with E-state index < -0.39 is 0 Å². The number of nitrogens with two attached hydrogens (primary N) is 1. The van der Waals surface area contributed by atoms with Gasteiger partial charge in [-0.05, 0) is 23.5 Å². The molecule has 3 nitrogen and oxygen atoms in total. The van der Waals surface area contributed by atoms with Crippen molar-refractivity contribution >= 4 is 11.5 Å². The normalized spacial score (nSPS) is 13.6. The zero-order chi connectivity index (χ0) is 11.5. The standard InChI is InChI=1S/C12H21N3/c1-9(12(2,3)4)7-14-11-6-5-10(13)8-15-11/h5-6,8-9H,7,13H2,1-4H3,(H,14,15). The predicted octanol–water partition coefficient (Wildman–Crippen LogP) is 2.76. The van der Waals surface area contributed by atoms with Crippen molar-refractivity contribution in [2.45, 2.75) is 27.7 Å². The first kappa shape index (κ1) is 11.8. The SMILES string of the molecule is CC(CNc1ccc(N)cn1)C(C)(C)C. The van der Waals surface area contributed by atoms with Gasteiger partial charge in [-0.25, -0.2) is 4.98 Å². The van der Waals surface area contributed by atoms with Crippen LogP contribution in [0.5, 0.6) is 0 Å². The molecule has 1 aromatic rings. The summed E-state index contributed by atoms with van der Waals surface area (Å²) in [6.07, 6.45) is 1.67. The summed E-state index contributed by atoms with van der Waals surface area (Å²) in [5.74, 6) is 1.48. The molecule has 3 heteroatoms. The molecule has 1 heterocycles. The van der Waals surface area contributed by atoms with Gasteiger partial charge < -0.3 is 11.1 Å². The Hall–Kier alpha value is -1.25. The average Bonchev–Trinajstić information content (AvgIpc) is 2.15. The molecule has 1 unspecified atom stereocenters. The summed E-state index contributed by atoms with van der Waals surface area (Å²) < 4.78 is 0. The molecule has 0 saturated heterocycles. The maximum absolute atomic E-state index is 5.56. The van der Waals surface area contributed by atoms with E-state index in [-0.39, 0.29) is 0 Å². The lowest BCUT2D eigenvalue weighted by atomic mass is 9.82. The van der Waals surface area contributed by atoms with E-state index in [1.807, 2.05) is 12.1 Å². The molecule has 1 atom stereocenters. The number of nitrogen functional groups attached to an aromatic ring is 1. The van der Waals surface area contributed by atoms with Gasteiger partial charge in [-0.2, -0.15) is 0 Å². The maximum atomic E-state index is 5.56. The van der Waals surface area contributed by atoms with Crippen molar-refractivity contribution in [3.05, 3.63) is 18.3 Å². The quantitative estimate of drug-likeness (QED) is 0.801. The predicted molar refractivity (Wildman–Crippen MR) is 65.8 cm³/mol. The minimum atomic E-state index is 0.320. The Morgan fingerprint density at radius 1 is 1.40 bits per heavy atom. The fourth-order valence-corrected chi connectivity index (χ4v) is 1.07. The van der Waals surface area contributed by atoms with Crippen molar-refractivity contribution in [2.24, 2.45) is 11.3 Å². The van der Waals surface area contributed by atoms with E-state index in [9.17, 15) is 0 Å². The Bertz CT molecular complexity index is 298. The first-order valence-electron chi connectivity index (χ1n) is 5.35. The summed E-state index contributed by atoms with van der Waals surface area (Å²) >= 11 is 0. The van der Waals surface area contributed by atoms with Crippen LogP contribution < -0.4 is 11.1 Å². The van der Waals surface area contributed by atoms with Crippen molar-refractivity contribution in [3.8, 4) is 0 Å². The Kier molecular flexibility index (Phi) is 3.56. The Labute approximate surface area is 92.1 Å². The first-order chi connectivity index (χ1) is 6.89. The summed E-state index contributed by atoms with van der Waals surface area (Å²) in [5, 5.41) is 3.31. The van der Waals surface area contributed by atoms with Gasteiger partial charge in [-0.1, -0.05) is 27.7 Å². The number of nitrogens with one attached hydrogen (secondary N) is 1. The third-order valence-electron chi connectivity index (χ3n) is 2.85. The van der Waals surface area contributed by atoms with Gasteiger partial charge in [0.15, 0.2) is 0 Å². The molecule has 0 spiro atoms. The highest BCUT2D eigenvalue weighted by Crippen LogP contribution is 2.25. The number of nitrogens with zero attached hydrogens (tertiary/aromatic N) is 1. The van der Waals surface area contributed by atoms with Crippen molar-refractivity contribution in [3.63, 3.8) is 0 Å². The number of pyridine rings is 1. The zero-order valence-corrected chi connectivity index (χ0v) is 10.0. The number of rotatable bonds is 3. The topological polar surface area (TPSA) is 50.9 Å². The van der Waals surface area contributed by atoms with Gasteiger partial charge in [0.05, 0.1) is 11.9 Å². The summed E-state index contributed by atoms with van der Waals surface area (Å²) in [7, 11) is 0. The van der Waals surface area contributed by atoms with E-state index in [4.69, 9.17) is 5.73 Å². The molecular weight excluding hydrogens is 186 g/mol. The van der Waals surface area contributed by atoms with Crippen LogP contribution in [0.4, 0.5) is 11.5 Å². The smallest absolute Gasteiger partial charge is 0.126 e. The Morgan fingerprint density at radius 2 is 2.07 bits per heavy atom. The minimum absolute atomic E-state index is 0.320. The second kappa shape index (κ2) is 4.51. The lowest BCUT2D eigenvalue weighted by Crippen LogP contribution is -2.25. The van der Waals surface area contributed by atoms with Crippen LogP contribution in [0.2, 0.25) is 0 Å². The lowest BCUT2D eigenvalue weighted by molar-refractivity contribution is 0.274. The van der Waals surface area contributed by atoms with Crippen LogP contribution >= 0.6 is 0 Å². The molecule has 3 N–H and O–H groups in total. The van der Waals surface area contributed by atoms with Gasteiger partial charge in [0, 0.05) is 6.54 Å². The van der Waals surface area contributed by atoms with Crippen LogP contribution in [0.1, 0.15) is 27.7 Å². The van der Waals surface area contributed by atoms with Crippen molar-refractivity contribution in [1.82, 2.24) is 4.98 Å². The van der Waals surface area contributed by atoms with Gasteiger partial charge in [-0.15, -0.1) is 0 Å². The molecule has 1 aromatic heterocycles. The van der Waals surface area contributed by atoms with Gasteiger partial charge in [0.2, 0.25) is 0 Å². The number of aromatic nitrogens is 1. The molecule has 0 aliphatic rings. The highest BCUT2D eigenvalue weighted by atomic mass is 15.0. The second-order valence-electron chi connectivity index (χ2n) is 5.12. The van der Waals surface area contributed by atoms with E-state index in [0.29, 0.717) is 17.0 Å². The van der Waals surface area contributed by atoms with E-state index in [1.54, 1.807) is 6.20 Å². The number of hydrogen-bond donors (Lipinski definition) is 2. The highest BCUT2D eigenvalue weighted by molar-refractivity contribution is 5.43. The fraction of sp³-hybridized carbons (Fsp3) is 0.583. The van der Waals surface area contributed by atoms with Crippen LogP contribution in [0.15, 0.2) is 18.3 Å². The molecule has 0 amide bonds. The fourth-order valence-electron chi connectivity index (χ4n) is 1.07. The average molecular weight is 207 g/mol. The molecule has 0 saturated carbocycles. The Morgan fingerprint density at radius 3 is 2.53 bits per heavy atom. The van der Waals surface area contributed by atoms with E-state index in [2.05, 4.69) is 38.0 Å². The van der Waals surface area contributed by atoms with E-state index in [1.165, 1.54) is 0 Å². The van der Waals surface area contributed by atoms with Crippen molar-refractivity contribution < 1.29 is 0 Å². The number of anilines is 2. The number of hydrogen-bond acceptors (Lipinski definition) is 3. The second-order valence-corrected chi connectivity index (χ2v) is 5.12. The summed E-state index contributed by atoms with van der Waals surface area (Å²) in [5.41, 5.74) is 6.58. The molecule has 1 rings (SSSR count). The Balaban J connectivity index is 2.47. The molecule has 0 radical (unpaired) electrons. The van der Waals surface area contributed by atoms with Gasteiger partial charge in [-0.3, -0.25) is 0 Å². The summed E-state index contributed by atoms with van der Waals surface area (Å²) in [6.45, 7) is 9.91. The molecule has 0 bridgehead atoms. The third kappa shape index (κ3) is 3.78. The molecular formula is C12H21N3. The van der Waals surface area contributed by atoms with Gasteiger partial charge in [0.1, 0.15) is 5.82 Å². The largest absolute Gasteiger partial charge is 0.397 e. The molecule has 0 aliphatic carbocycles. The monoisotopic (exact) mass is 207 g/mol. The van der Waals surface area contributed by atoms with Gasteiger partial charge >= 0.3 is 0 Å². The molecule has 15 heavy (non-hydrogen) atoms. The van der Waals surface area contributed by atoms with E-state index in [0.717, 1.165) is 12.4 Å². The summed E-state index contributed by atoms with van der Waals surface area (Å²) in [6, 6.07) is 3.77. The van der Waals surface area contributed by atoms with Crippen LogP contribution in [-0.4, -0.2) is 11.5 Å².